The van der Waals surface area contributed by atoms with E-state index in [0.29, 0.717) is 26.7 Å². The molecule has 0 aliphatic heterocycles. The smallest absolute Gasteiger partial charge is 0.257 e. The third kappa shape index (κ3) is 5.18. The Balaban J connectivity index is 1.62. The SMILES string of the molecule is COc1cc(CSc2nnc(NC(=O)c3cccc(F)c3)s2)cc(OC)c1. The monoisotopic (exact) mass is 405 g/mol. The minimum absolute atomic E-state index is 0.225. The number of halogens is 1. The number of thioether (sulfide) groups is 1. The molecule has 2 aromatic carbocycles. The fourth-order valence-corrected chi connectivity index (χ4v) is 3.89. The molecule has 0 atom stereocenters. The fraction of sp³-hybridized carbons (Fsp3) is 0.167. The highest BCUT2D eigenvalue weighted by atomic mass is 32.2. The molecule has 0 radical (unpaired) electrons. The molecule has 3 rings (SSSR count). The quantitative estimate of drug-likeness (QED) is 0.468. The highest BCUT2D eigenvalue weighted by Crippen LogP contribution is 2.31. The van der Waals surface area contributed by atoms with Gasteiger partial charge in [-0.15, -0.1) is 10.2 Å². The van der Waals surface area contributed by atoms with E-state index in [1.165, 1.54) is 47.4 Å². The zero-order valence-electron chi connectivity index (χ0n) is 14.6. The summed E-state index contributed by atoms with van der Waals surface area (Å²) in [5.74, 6) is 1.17. The summed E-state index contributed by atoms with van der Waals surface area (Å²) >= 11 is 2.73. The van der Waals surface area contributed by atoms with E-state index in [0.717, 1.165) is 5.56 Å². The van der Waals surface area contributed by atoms with Crippen molar-refractivity contribution in [2.24, 2.45) is 0 Å². The number of benzene rings is 2. The second kappa shape index (κ2) is 8.83. The molecule has 6 nitrogen and oxygen atoms in total. The number of nitrogens with one attached hydrogen (secondary N) is 1. The van der Waals surface area contributed by atoms with Gasteiger partial charge in [-0.3, -0.25) is 10.1 Å². The number of anilines is 1. The molecule has 1 heterocycles. The summed E-state index contributed by atoms with van der Waals surface area (Å²) in [5, 5.41) is 11.0. The van der Waals surface area contributed by atoms with Crippen molar-refractivity contribution in [1.82, 2.24) is 10.2 Å². The molecule has 0 aliphatic rings. The van der Waals surface area contributed by atoms with Gasteiger partial charge in [-0.1, -0.05) is 29.2 Å². The first-order valence-corrected chi connectivity index (χ1v) is 9.63. The van der Waals surface area contributed by atoms with Crippen LogP contribution in [0.1, 0.15) is 15.9 Å². The maximum Gasteiger partial charge on any atom is 0.257 e. The molecule has 0 unspecified atom stereocenters. The average Bonchev–Trinajstić information content (AvgIpc) is 3.13. The average molecular weight is 405 g/mol. The van der Waals surface area contributed by atoms with E-state index in [2.05, 4.69) is 15.5 Å². The lowest BCUT2D eigenvalue weighted by Gasteiger charge is -2.07. The van der Waals surface area contributed by atoms with Gasteiger partial charge in [-0.2, -0.15) is 0 Å². The van der Waals surface area contributed by atoms with Gasteiger partial charge in [0.2, 0.25) is 5.13 Å². The third-order valence-corrected chi connectivity index (χ3v) is 5.53. The highest BCUT2D eigenvalue weighted by molar-refractivity contribution is 8.00. The van der Waals surface area contributed by atoms with Crippen molar-refractivity contribution in [3.63, 3.8) is 0 Å². The van der Waals surface area contributed by atoms with Crippen LogP contribution in [0.4, 0.5) is 9.52 Å². The van der Waals surface area contributed by atoms with Gasteiger partial charge in [0.15, 0.2) is 4.34 Å². The number of amides is 1. The predicted octanol–water partition coefficient (Wildman–Crippen LogP) is 4.24. The van der Waals surface area contributed by atoms with Crippen LogP contribution in [-0.4, -0.2) is 30.3 Å². The Labute approximate surface area is 163 Å². The summed E-state index contributed by atoms with van der Waals surface area (Å²) in [5.41, 5.74) is 1.24. The first kappa shape index (κ1) is 19.1. The zero-order chi connectivity index (χ0) is 19.2. The predicted molar refractivity (Wildman–Crippen MR) is 103 cm³/mol. The normalized spacial score (nSPS) is 10.5. The Morgan fingerprint density at radius 3 is 2.56 bits per heavy atom. The Morgan fingerprint density at radius 2 is 1.89 bits per heavy atom. The molecule has 1 N–H and O–H groups in total. The number of nitrogens with zero attached hydrogens (tertiary/aromatic N) is 2. The minimum Gasteiger partial charge on any atom is -0.497 e. The molecular weight excluding hydrogens is 389 g/mol. The molecule has 1 amide bonds. The van der Waals surface area contributed by atoms with Gasteiger partial charge >= 0.3 is 0 Å². The molecule has 0 saturated heterocycles. The van der Waals surface area contributed by atoms with Crippen LogP contribution in [-0.2, 0) is 5.75 Å². The Kier molecular flexibility index (Phi) is 6.25. The van der Waals surface area contributed by atoms with Crippen LogP contribution >= 0.6 is 23.1 Å². The van der Waals surface area contributed by atoms with Crippen LogP contribution in [0.2, 0.25) is 0 Å². The molecule has 0 aliphatic carbocycles. The maximum absolute atomic E-state index is 13.2. The van der Waals surface area contributed by atoms with E-state index in [1.807, 2.05) is 12.1 Å². The molecule has 140 valence electrons. The molecule has 0 bridgehead atoms. The van der Waals surface area contributed by atoms with Crippen LogP contribution in [0.15, 0.2) is 46.8 Å². The lowest BCUT2D eigenvalue weighted by molar-refractivity contribution is 0.102. The van der Waals surface area contributed by atoms with Crippen LogP contribution in [0.5, 0.6) is 11.5 Å². The van der Waals surface area contributed by atoms with E-state index in [9.17, 15) is 9.18 Å². The minimum atomic E-state index is -0.468. The first-order chi connectivity index (χ1) is 13.1. The number of rotatable bonds is 7. The van der Waals surface area contributed by atoms with E-state index in [4.69, 9.17) is 9.47 Å². The molecule has 0 spiro atoms. The van der Waals surface area contributed by atoms with Crippen molar-refractivity contribution in [3.05, 3.63) is 59.4 Å². The van der Waals surface area contributed by atoms with E-state index in [1.54, 1.807) is 20.3 Å². The van der Waals surface area contributed by atoms with Gasteiger partial charge in [0.05, 0.1) is 14.2 Å². The number of aromatic nitrogens is 2. The largest absolute Gasteiger partial charge is 0.497 e. The van der Waals surface area contributed by atoms with Crippen molar-refractivity contribution in [3.8, 4) is 11.5 Å². The molecular formula is C18H16FN3O3S2. The van der Waals surface area contributed by atoms with Crippen molar-refractivity contribution in [2.45, 2.75) is 10.1 Å². The second-order valence-electron chi connectivity index (χ2n) is 5.35. The maximum atomic E-state index is 13.2. The lowest BCUT2D eigenvalue weighted by atomic mass is 10.2. The number of methoxy groups -OCH3 is 2. The summed E-state index contributed by atoms with van der Waals surface area (Å²) in [6.45, 7) is 0. The zero-order valence-corrected chi connectivity index (χ0v) is 16.2. The molecule has 1 aromatic heterocycles. The van der Waals surface area contributed by atoms with Gasteiger partial charge in [0, 0.05) is 17.4 Å². The van der Waals surface area contributed by atoms with Crippen molar-refractivity contribution >= 4 is 34.1 Å². The number of carbonyl (C=O) groups is 1. The number of hydrogen-bond acceptors (Lipinski definition) is 7. The fourth-order valence-electron chi connectivity index (χ4n) is 2.21. The van der Waals surface area contributed by atoms with E-state index in [-0.39, 0.29) is 5.56 Å². The number of hydrogen-bond donors (Lipinski definition) is 1. The van der Waals surface area contributed by atoms with Gasteiger partial charge in [-0.05, 0) is 35.9 Å². The van der Waals surface area contributed by atoms with Crippen molar-refractivity contribution in [2.75, 3.05) is 19.5 Å². The highest BCUT2D eigenvalue weighted by Gasteiger charge is 2.12. The molecule has 0 saturated carbocycles. The van der Waals surface area contributed by atoms with Crippen molar-refractivity contribution < 1.29 is 18.7 Å². The Hall–Kier alpha value is -2.65. The Morgan fingerprint density at radius 1 is 1.15 bits per heavy atom. The summed E-state index contributed by atoms with van der Waals surface area (Å²) < 4.78 is 24.4. The lowest BCUT2D eigenvalue weighted by Crippen LogP contribution is -2.11. The molecule has 27 heavy (non-hydrogen) atoms. The summed E-state index contributed by atoms with van der Waals surface area (Å²) in [6, 6.07) is 11.1. The Bertz CT molecular complexity index is 927. The van der Waals surface area contributed by atoms with Crippen LogP contribution in [0, 0.1) is 5.82 Å². The van der Waals surface area contributed by atoms with Crippen LogP contribution in [0.25, 0.3) is 0 Å². The first-order valence-electron chi connectivity index (χ1n) is 7.82. The van der Waals surface area contributed by atoms with Gasteiger partial charge in [0.1, 0.15) is 17.3 Å². The molecule has 3 aromatic rings. The summed E-state index contributed by atoms with van der Waals surface area (Å²) in [6.07, 6.45) is 0. The number of carbonyl (C=O) groups excluding carboxylic acids is 1. The standard InChI is InChI=1S/C18H16FN3O3S2/c1-24-14-6-11(7-15(9-14)25-2)10-26-18-22-21-17(27-18)20-16(23)12-4-3-5-13(19)8-12/h3-9H,10H2,1-2H3,(H,20,21,23). The van der Waals surface area contributed by atoms with Gasteiger partial charge < -0.3 is 9.47 Å². The van der Waals surface area contributed by atoms with Gasteiger partial charge in [0.25, 0.3) is 5.91 Å². The topological polar surface area (TPSA) is 73.3 Å². The third-order valence-electron chi connectivity index (χ3n) is 3.49. The van der Waals surface area contributed by atoms with Gasteiger partial charge in [-0.25, -0.2) is 4.39 Å². The van der Waals surface area contributed by atoms with Crippen molar-refractivity contribution in [1.29, 1.82) is 0 Å². The van der Waals surface area contributed by atoms with Crippen LogP contribution < -0.4 is 14.8 Å². The van der Waals surface area contributed by atoms with Crippen LogP contribution in [0.3, 0.4) is 0 Å². The van der Waals surface area contributed by atoms with E-state index >= 15 is 0 Å². The summed E-state index contributed by atoms with van der Waals surface area (Å²) in [4.78, 5) is 12.1. The summed E-state index contributed by atoms with van der Waals surface area (Å²) in [7, 11) is 3.20. The number of ether oxygens (including phenoxy) is 2. The molecule has 9 heteroatoms. The molecule has 0 fully saturated rings. The van der Waals surface area contributed by atoms with E-state index < -0.39 is 11.7 Å². The second-order valence-corrected chi connectivity index (χ2v) is 7.55.